The molecule has 0 aromatic heterocycles. The van der Waals surface area contributed by atoms with E-state index in [1.807, 2.05) is 0 Å². The maximum Gasteiger partial charge on any atom is 0.160 e. The summed E-state index contributed by atoms with van der Waals surface area (Å²) in [5, 5.41) is 0.942. The number of carbonyl (C=O) groups excluding carboxylic acids is 1. The van der Waals surface area contributed by atoms with Crippen LogP contribution in [0.1, 0.15) is 6.92 Å². The predicted octanol–water partition coefficient (Wildman–Crippen LogP) is 2.96. The van der Waals surface area contributed by atoms with Crippen molar-refractivity contribution in [1.82, 2.24) is 0 Å². The number of ether oxygens (including phenoxy) is 1. The minimum Gasteiger partial charge on any atom is -0.482 e. The number of carbonyl (C=O) groups is 1. The van der Waals surface area contributed by atoms with E-state index in [9.17, 15) is 4.79 Å². The van der Waals surface area contributed by atoms with Gasteiger partial charge < -0.3 is 4.74 Å². The summed E-state index contributed by atoms with van der Waals surface area (Å²) in [6.07, 6.45) is 0.198. The molecular formula is C9H8Cl2O2. The Kier molecular flexibility index (Phi) is 3.58. The van der Waals surface area contributed by atoms with Gasteiger partial charge in [-0.1, -0.05) is 23.2 Å². The fourth-order valence-electron chi connectivity index (χ4n) is 0.799. The van der Waals surface area contributed by atoms with Gasteiger partial charge in [0.15, 0.2) is 12.4 Å². The van der Waals surface area contributed by atoms with Crippen LogP contribution in [0.25, 0.3) is 0 Å². The second-order valence-electron chi connectivity index (χ2n) is 2.53. The number of halogens is 2. The number of hydrogen-bond acceptors (Lipinski definition) is 2. The zero-order valence-corrected chi connectivity index (χ0v) is 8.47. The first-order valence-electron chi connectivity index (χ1n) is 3.70. The largest absolute Gasteiger partial charge is 0.482 e. The zero-order valence-electron chi connectivity index (χ0n) is 6.96. The lowest BCUT2D eigenvalue weighted by Gasteiger charge is -2.09. The van der Waals surface area contributed by atoms with E-state index in [1.54, 1.807) is 25.1 Å². The number of hydrogen-bond donors (Lipinski definition) is 0. The molecule has 0 bridgehead atoms. The normalized spacial score (nSPS) is 12.2. The quantitative estimate of drug-likeness (QED) is 0.730. The Bertz CT molecular complexity index is 312. The van der Waals surface area contributed by atoms with Crippen LogP contribution in [0.2, 0.25) is 10.0 Å². The van der Waals surface area contributed by atoms with Crippen molar-refractivity contribution < 1.29 is 9.53 Å². The molecule has 0 N–H and O–H groups in total. The van der Waals surface area contributed by atoms with Crippen molar-refractivity contribution in [2.45, 2.75) is 13.0 Å². The van der Waals surface area contributed by atoms with Gasteiger partial charge in [-0.3, -0.25) is 4.79 Å². The van der Waals surface area contributed by atoms with E-state index in [0.29, 0.717) is 22.1 Å². The molecule has 0 radical (unpaired) electrons. The van der Waals surface area contributed by atoms with Gasteiger partial charge in [0, 0.05) is 5.02 Å². The van der Waals surface area contributed by atoms with Gasteiger partial charge in [0.2, 0.25) is 0 Å². The molecule has 2 nitrogen and oxygen atoms in total. The number of benzene rings is 1. The van der Waals surface area contributed by atoms with Crippen molar-refractivity contribution in [2.75, 3.05) is 0 Å². The molecule has 0 aliphatic rings. The lowest BCUT2D eigenvalue weighted by molar-refractivity contribution is -0.113. The lowest BCUT2D eigenvalue weighted by atomic mass is 10.3. The highest BCUT2D eigenvalue weighted by atomic mass is 35.5. The summed E-state index contributed by atoms with van der Waals surface area (Å²) in [7, 11) is 0. The van der Waals surface area contributed by atoms with Crippen LogP contribution in [-0.2, 0) is 4.79 Å². The molecular weight excluding hydrogens is 211 g/mol. The first-order valence-corrected chi connectivity index (χ1v) is 4.46. The van der Waals surface area contributed by atoms with Crippen LogP contribution in [0.15, 0.2) is 18.2 Å². The third-order valence-corrected chi connectivity index (χ3v) is 1.93. The van der Waals surface area contributed by atoms with Crippen LogP contribution in [0, 0.1) is 0 Å². The summed E-state index contributed by atoms with van der Waals surface area (Å²) in [6, 6.07) is 4.85. The van der Waals surface area contributed by atoms with Crippen molar-refractivity contribution >= 4 is 29.5 Å². The minimum absolute atomic E-state index is 0.404. The summed E-state index contributed by atoms with van der Waals surface area (Å²) < 4.78 is 5.19. The van der Waals surface area contributed by atoms with Gasteiger partial charge in [-0.2, -0.15) is 0 Å². The van der Waals surface area contributed by atoms with E-state index >= 15 is 0 Å². The fraction of sp³-hybridized carbons (Fsp3) is 0.222. The minimum atomic E-state index is -0.501. The van der Waals surface area contributed by atoms with E-state index in [2.05, 4.69) is 0 Å². The summed E-state index contributed by atoms with van der Waals surface area (Å²) in [5.41, 5.74) is 0. The summed E-state index contributed by atoms with van der Waals surface area (Å²) in [6.45, 7) is 1.64. The fourth-order valence-corrected chi connectivity index (χ4v) is 1.25. The Morgan fingerprint density at radius 1 is 1.46 bits per heavy atom. The Morgan fingerprint density at radius 2 is 2.15 bits per heavy atom. The summed E-state index contributed by atoms with van der Waals surface area (Å²) in [4.78, 5) is 10.3. The van der Waals surface area contributed by atoms with Crippen molar-refractivity contribution in [3.8, 4) is 5.75 Å². The average Bonchev–Trinajstić information content (AvgIpc) is 2.09. The van der Waals surface area contributed by atoms with Crippen LogP contribution < -0.4 is 4.74 Å². The van der Waals surface area contributed by atoms with Gasteiger partial charge in [0.1, 0.15) is 5.75 Å². The van der Waals surface area contributed by atoms with Crippen LogP contribution in [0.3, 0.4) is 0 Å². The molecule has 0 aliphatic carbocycles. The highest BCUT2D eigenvalue weighted by Crippen LogP contribution is 2.27. The Morgan fingerprint density at radius 3 is 2.69 bits per heavy atom. The van der Waals surface area contributed by atoms with E-state index in [-0.39, 0.29) is 0 Å². The highest BCUT2D eigenvalue weighted by molar-refractivity contribution is 6.35. The maximum absolute atomic E-state index is 10.3. The van der Waals surface area contributed by atoms with Gasteiger partial charge in [0.25, 0.3) is 0 Å². The Balaban J connectivity index is 2.83. The number of rotatable bonds is 3. The van der Waals surface area contributed by atoms with Crippen molar-refractivity contribution in [2.24, 2.45) is 0 Å². The van der Waals surface area contributed by atoms with Gasteiger partial charge in [-0.15, -0.1) is 0 Å². The average molecular weight is 219 g/mol. The highest BCUT2D eigenvalue weighted by Gasteiger charge is 2.05. The van der Waals surface area contributed by atoms with E-state index < -0.39 is 6.10 Å². The van der Waals surface area contributed by atoms with E-state index in [4.69, 9.17) is 27.9 Å². The van der Waals surface area contributed by atoms with Gasteiger partial charge in [0.05, 0.1) is 5.02 Å². The molecule has 1 unspecified atom stereocenters. The molecule has 0 fully saturated rings. The molecule has 1 rings (SSSR count). The van der Waals surface area contributed by atoms with Crippen LogP contribution >= 0.6 is 23.2 Å². The van der Waals surface area contributed by atoms with E-state index in [0.717, 1.165) is 0 Å². The standard InChI is InChI=1S/C9H8Cl2O2/c1-6(5-12)13-9-3-2-7(10)4-8(9)11/h2-6H,1H3. The second-order valence-corrected chi connectivity index (χ2v) is 3.38. The lowest BCUT2D eigenvalue weighted by Crippen LogP contribution is -2.12. The Labute approximate surface area is 86.4 Å². The second kappa shape index (κ2) is 4.49. The summed E-state index contributed by atoms with van der Waals surface area (Å²) in [5.74, 6) is 0.464. The molecule has 70 valence electrons. The molecule has 1 aromatic carbocycles. The number of aldehydes is 1. The smallest absolute Gasteiger partial charge is 0.160 e. The first-order chi connectivity index (χ1) is 6.13. The van der Waals surface area contributed by atoms with Crippen molar-refractivity contribution in [3.05, 3.63) is 28.2 Å². The van der Waals surface area contributed by atoms with Crippen molar-refractivity contribution in [1.29, 1.82) is 0 Å². The SMILES string of the molecule is CC(C=O)Oc1ccc(Cl)cc1Cl. The molecule has 0 saturated carbocycles. The van der Waals surface area contributed by atoms with Crippen LogP contribution in [-0.4, -0.2) is 12.4 Å². The third kappa shape index (κ3) is 2.90. The maximum atomic E-state index is 10.3. The predicted molar refractivity (Wildman–Crippen MR) is 52.6 cm³/mol. The van der Waals surface area contributed by atoms with Gasteiger partial charge in [-0.25, -0.2) is 0 Å². The molecule has 4 heteroatoms. The molecule has 13 heavy (non-hydrogen) atoms. The van der Waals surface area contributed by atoms with Gasteiger partial charge in [-0.05, 0) is 25.1 Å². The monoisotopic (exact) mass is 218 g/mol. The molecule has 1 atom stereocenters. The molecule has 0 heterocycles. The molecule has 0 amide bonds. The van der Waals surface area contributed by atoms with Crippen LogP contribution in [0.4, 0.5) is 0 Å². The van der Waals surface area contributed by atoms with Crippen molar-refractivity contribution in [3.63, 3.8) is 0 Å². The topological polar surface area (TPSA) is 26.3 Å². The molecule has 1 aromatic rings. The molecule has 0 saturated heterocycles. The van der Waals surface area contributed by atoms with Crippen LogP contribution in [0.5, 0.6) is 5.75 Å². The van der Waals surface area contributed by atoms with E-state index in [1.165, 1.54) is 0 Å². The Hall–Kier alpha value is -0.730. The molecule has 0 spiro atoms. The summed E-state index contributed by atoms with van der Waals surface area (Å²) >= 11 is 11.5. The first kappa shape index (κ1) is 10.4. The molecule has 0 aliphatic heterocycles. The zero-order chi connectivity index (χ0) is 9.84. The third-order valence-electron chi connectivity index (χ3n) is 1.40. The van der Waals surface area contributed by atoms with Gasteiger partial charge >= 0.3 is 0 Å².